The maximum absolute atomic E-state index is 12.0. The smallest absolute Gasteiger partial charge is 0.250 e. The van der Waals surface area contributed by atoms with Crippen molar-refractivity contribution in [3.05, 3.63) is 53.5 Å². The second kappa shape index (κ2) is 7.13. The van der Waals surface area contributed by atoms with E-state index in [4.69, 9.17) is 4.74 Å². The normalized spacial score (nSPS) is 11.1. The molecule has 0 spiro atoms. The molecular formula is C19H18N4O2S. The van der Waals surface area contributed by atoms with Crippen molar-refractivity contribution in [1.82, 2.24) is 14.6 Å². The van der Waals surface area contributed by atoms with Gasteiger partial charge in [-0.1, -0.05) is 30.3 Å². The molecule has 6 nitrogen and oxygen atoms in total. The van der Waals surface area contributed by atoms with Gasteiger partial charge in [-0.05, 0) is 36.2 Å². The van der Waals surface area contributed by atoms with E-state index in [9.17, 15) is 4.79 Å². The van der Waals surface area contributed by atoms with Crippen molar-refractivity contribution < 1.29 is 9.53 Å². The van der Waals surface area contributed by atoms with E-state index in [2.05, 4.69) is 27.5 Å². The summed E-state index contributed by atoms with van der Waals surface area (Å²) < 4.78 is 7.48. The minimum absolute atomic E-state index is 0.108. The summed E-state index contributed by atoms with van der Waals surface area (Å²) in [5, 5.41) is 11.3. The Labute approximate surface area is 154 Å². The van der Waals surface area contributed by atoms with E-state index in [1.165, 1.54) is 16.7 Å². The van der Waals surface area contributed by atoms with Gasteiger partial charge in [0.25, 0.3) is 0 Å². The summed E-state index contributed by atoms with van der Waals surface area (Å²) >= 11 is 1.50. The summed E-state index contributed by atoms with van der Waals surface area (Å²) in [6, 6.07) is 14.1. The first kappa shape index (κ1) is 16.5. The van der Waals surface area contributed by atoms with E-state index in [0.29, 0.717) is 25.4 Å². The number of thiazole rings is 1. The summed E-state index contributed by atoms with van der Waals surface area (Å²) in [4.78, 5) is 17.1. The fraction of sp³-hybridized carbons (Fsp3) is 0.211. The Morgan fingerprint density at radius 1 is 1.23 bits per heavy atom. The molecule has 0 atom stereocenters. The molecule has 0 aliphatic heterocycles. The standard InChI is InChI=1S/C19H18N4O2S/c1-13-12-26-19-21-18(22-23(13)19)20-17(24)7-4-10-25-16-9-8-14-5-2-3-6-15(14)11-16/h2-3,5-6,8-9,11-12H,4,7,10H2,1H3,(H,20,22,24). The highest BCUT2D eigenvalue weighted by molar-refractivity contribution is 7.15. The molecule has 2 heterocycles. The molecule has 7 heteroatoms. The molecule has 26 heavy (non-hydrogen) atoms. The van der Waals surface area contributed by atoms with Gasteiger partial charge in [-0.15, -0.1) is 16.4 Å². The number of aromatic nitrogens is 3. The Hall–Kier alpha value is -2.93. The van der Waals surface area contributed by atoms with Crippen molar-refractivity contribution in [3.63, 3.8) is 0 Å². The van der Waals surface area contributed by atoms with Crippen LogP contribution in [-0.4, -0.2) is 27.1 Å². The van der Waals surface area contributed by atoms with Gasteiger partial charge in [0.2, 0.25) is 16.8 Å². The van der Waals surface area contributed by atoms with Gasteiger partial charge in [0.1, 0.15) is 5.75 Å². The van der Waals surface area contributed by atoms with Gasteiger partial charge in [0.15, 0.2) is 0 Å². The maximum atomic E-state index is 12.0. The highest BCUT2D eigenvalue weighted by Gasteiger charge is 2.10. The lowest BCUT2D eigenvalue weighted by atomic mass is 10.1. The summed E-state index contributed by atoms with van der Waals surface area (Å²) in [5.41, 5.74) is 1.00. The van der Waals surface area contributed by atoms with Gasteiger partial charge in [-0.3, -0.25) is 10.1 Å². The van der Waals surface area contributed by atoms with Crippen LogP contribution in [0.5, 0.6) is 5.75 Å². The number of carbonyl (C=O) groups is 1. The number of benzene rings is 2. The first-order valence-corrected chi connectivity index (χ1v) is 9.29. The molecule has 0 fully saturated rings. The fourth-order valence-corrected chi connectivity index (χ4v) is 3.51. The molecule has 132 valence electrons. The summed E-state index contributed by atoms with van der Waals surface area (Å²) in [6.45, 7) is 2.44. The Morgan fingerprint density at radius 2 is 2.08 bits per heavy atom. The predicted octanol–water partition coefficient (Wildman–Crippen LogP) is 4.05. The molecule has 4 rings (SSSR count). The second-order valence-corrected chi connectivity index (χ2v) is 6.85. The molecule has 2 aromatic heterocycles. The molecule has 1 amide bonds. The van der Waals surface area contributed by atoms with Crippen molar-refractivity contribution in [2.45, 2.75) is 19.8 Å². The van der Waals surface area contributed by atoms with Crippen LogP contribution >= 0.6 is 11.3 Å². The number of hydrogen-bond acceptors (Lipinski definition) is 5. The van der Waals surface area contributed by atoms with Crippen LogP contribution < -0.4 is 10.1 Å². The van der Waals surface area contributed by atoms with Crippen molar-refractivity contribution in [2.75, 3.05) is 11.9 Å². The summed E-state index contributed by atoms with van der Waals surface area (Å²) in [7, 11) is 0. The van der Waals surface area contributed by atoms with Crippen molar-refractivity contribution in [3.8, 4) is 5.75 Å². The number of hydrogen-bond donors (Lipinski definition) is 1. The van der Waals surface area contributed by atoms with Crippen LogP contribution in [0, 0.1) is 6.92 Å². The van der Waals surface area contributed by atoms with Gasteiger partial charge in [-0.2, -0.15) is 4.98 Å². The first-order chi connectivity index (χ1) is 12.7. The monoisotopic (exact) mass is 366 g/mol. The van der Waals surface area contributed by atoms with E-state index in [1.807, 2.05) is 42.6 Å². The third-order valence-electron chi connectivity index (χ3n) is 4.04. The van der Waals surface area contributed by atoms with E-state index in [1.54, 1.807) is 4.52 Å². The topological polar surface area (TPSA) is 68.5 Å². The van der Waals surface area contributed by atoms with E-state index in [-0.39, 0.29) is 5.91 Å². The highest BCUT2D eigenvalue weighted by atomic mass is 32.1. The average molecular weight is 366 g/mol. The van der Waals surface area contributed by atoms with Crippen LogP contribution in [0.3, 0.4) is 0 Å². The van der Waals surface area contributed by atoms with Gasteiger partial charge in [0, 0.05) is 11.8 Å². The Bertz CT molecular complexity index is 1070. The molecule has 0 aliphatic rings. The lowest BCUT2D eigenvalue weighted by molar-refractivity contribution is -0.116. The van der Waals surface area contributed by atoms with Crippen molar-refractivity contribution >= 4 is 38.9 Å². The maximum Gasteiger partial charge on any atom is 0.250 e. The van der Waals surface area contributed by atoms with Gasteiger partial charge in [-0.25, -0.2) is 4.52 Å². The van der Waals surface area contributed by atoms with Crippen molar-refractivity contribution in [1.29, 1.82) is 0 Å². The van der Waals surface area contributed by atoms with Crippen LogP contribution in [0.25, 0.3) is 15.7 Å². The van der Waals surface area contributed by atoms with Gasteiger partial charge in [0.05, 0.1) is 12.3 Å². The number of nitrogens with zero attached hydrogens (tertiary/aromatic N) is 3. The lowest BCUT2D eigenvalue weighted by Crippen LogP contribution is -2.14. The molecule has 0 saturated carbocycles. The number of fused-ring (bicyclic) bond motifs is 2. The zero-order valence-electron chi connectivity index (χ0n) is 14.3. The number of ether oxygens (including phenoxy) is 1. The lowest BCUT2D eigenvalue weighted by Gasteiger charge is -2.07. The summed E-state index contributed by atoms with van der Waals surface area (Å²) in [6.07, 6.45) is 0.985. The van der Waals surface area contributed by atoms with Gasteiger partial charge >= 0.3 is 0 Å². The summed E-state index contributed by atoms with van der Waals surface area (Å²) in [5.74, 6) is 1.05. The SMILES string of the molecule is Cc1csc2nc(NC(=O)CCCOc3ccc4ccccc4c3)nn12. The van der Waals surface area contributed by atoms with Crippen LogP contribution in [-0.2, 0) is 4.79 Å². The quantitative estimate of drug-likeness (QED) is 0.523. The van der Waals surface area contributed by atoms with E-state index >= 15 is 0 Å². The van der Waals surface area contributed by atoms with Gasteiger partial charge < -0.3 is 4.74 Å². The molecule has 0 unspecified atom stereocenters. The number of anilines is 1. The molecule has 2 aromatic carbocycles. The number of carbonyl (C=O) groups excluding carboxylic acids is 1. The van der Waals surface area contributed by atoms with E-state index < -0.39 is 0 Å². The Kier molecular flexibility index (Phi) is 4.53. The molecule has 1 N–H and O–H groups in total. The molecule has 4 aromatic rings. The number of amides is 1. The predicted molar refractivity (Wildman–Crippen MR) is 103 cm³/mol. The molecule has 0 bridgehead atoms. The second-order valence-electron chi connectivity index (χ2n) is 6.02. The first-order valence-electron chi connectivity index (χ1n) is 8.41. The zero-order valence-corrected chi connectivity index (χ0v) is 15.1. The van der Waals surface area contributed by atoms with Crippen LogP contribution in [0.1, 0.15) is 18.5 Å². The Balaban J connectivity index is 1.26. The number of rotatable bonds is 6. The molecule has 0 aliphatic carbocycles. The largest absolute Gasteiger partial charge is 0.494 e. The van der Waals surface area contributed by atoms with Crippen LogP contribution in [0.4, 0.5) is 5.95 Å². The highest BCUT2D eigenvalue weighted by Crippen LogP contribution is 2.20. The van der Waals surface area contributed by atoms with E-state index in [0.717, 1.165) is 21.8 Å². The third kappa shape index (κ3) is 3.52. The molecular weight excluding hydrogens is 348 g/mol. The minimum Gasteiger partial charge on any atom is -0.494 e. The minimum atomic E-state index is -0.108. The van der Waals surface area contributed by atoms with Crippen LogP contribution in [0.15, 0.2) is 47.8 Å². The third-order valence-corrected chi connectivity index (χ3v) is 4.97. The number of nitrogens with one attached hydrogen (secondary N) is 1. The average Bonchev–Trinajstić information content (AvgIpc) is 3.20. The molecule has 0 saturated heterocycles. The van der Waals surface area contributed by atoms with Crippen LogP contribution in [0.2, 0.25) is 0 Å². The zero-order chi connectivity index (χ0) is 17.9. The molecule has 0 radical (unpaired) electrons. The van der Waals surface area contributed by atoms with Crippen molar-refractivity contribution in [2.24, 2.45) is 0 Å². The fourth-order valence-electron chi connectivity index (χ4n) is 2.71. The number of aryl methyl sites for hydroxylation is 1. The Morgan fingerprint density at radius 3 is 2.92 bits per heavy atom.